The number of hydrogen-bond donors (Lipinski definition) is 1. The fourth-order valence-corrected chi connectivity index (χ4v) is 2.23. The standard InChI is InChI=1S/C15H15NO3/c1-8(2)15-16-10-7-11(17)9-5-4-6-12(18-3)13(9)14(10)19-15/h4-8,17H,1-3H3. The minimum Gasteiger partial charge on any atom is -0.507 e. The fourth-order valence-electron chi connectivity index (χ4n) is 2.23. The fraction of sp³-hybridized carbons (Fsp3) is 0.267. The summed E-state index contributed by atoms with van der Waals surface area (Å²) in [6.45, 7) is 4.04. The Balaban J connectivity index is 2.49. The van der Waals surface area contributed by atoms with Gasteiger partial charge in [0.25, 0.3) is 0 Å². The Kier molecular flexibility index (Phi) is 2.59. The van der Waals surface area contributed by atoms with Crippen molar-refractivity contribution < 1.29 is 14.3 Å². The number of phenols is 1. The highest BCUT2D eigenvalue weighted by atomic mass is 16.5. The Morgan fingerprint density at radius 3 is 2.79 bits per heavy atom. The Hall–Kier alpha value is -2.23. The lowest BCUT2D eigenvalue weighted by Gasteiger charge is -2.06. The molecule has 0 saturated carbocycles. The van der Waals surface area contributed by atoms with E-state index in [9.17, 15) is 5.11 Å². The van der Waals surface area contributed by atoms with E-state index < -0.39 is 0 Å². The molecule has 2 aromatic carbocycles. The van der Waals surface area contributed by atoms with Crippen molar-refractivity contribution >= 4 is 21.9 Å². The predicted octanol–water partition coefficient (Wildman–Crippen LogP) is 3.82. The van der Waals surface area contributed by atoms with Crippen LogP contribution in [0.3, 0.4) is 0 Å². The van der Waals surface area contributed by atoms with Crippen LogP contribution in [0.4, 0.5) is 0 Å². The van der Waals surface area contributed by atoms with Crippen LogP contribution >= 0.6 is 0 Å². The monoisotopic (exact) mass is 257 g/mol. The van der Waals surface area contributed by atoms with Gasteiger partial charge in [0.1, 0.15) is 17.0 Å². The lowest BCUT2D eigenvalue weighted by molar-refractivity contribution is 0.419. The maximum Gasteiger partial charge on any atom is 0.198 e. The van der Waals surface area contributed by atoms with Gasteiger partial charge in [-0.3, -0.25) is 0 Å². The highest BCUT2D eigenvalue weighted by Gasteiger charge is 2.17. The average Bonchev–Trinajstić information content (AvgIpc) is 2.82. The van der Waals surface area contributed by atoms with Gasteiger partial charge in [-0.25, -0.2) is 4.98 Å². The number of oxazole rings is 1. The molecule has 3 aromatic rings. The molecule has 98 valence electrons. The van der Waals surface area contributed by atoms with E-state index in [0.29, 0.717) is 28.1 Å². The van der Waals surface area contributed by atoms with Crippen LogP contribution in [0.25, 0.3) is 21.9 Å². The third-order valence-electron chi connectivity index (χ3n) is 3.19. The third kappa shape index (κ3) is 1.71. The van der Waals surface area contributed by atoms with Crippen LogP contribution in [0.5, 0.6) is 11.5 Å². The van der Waals surface area contributed by atoms with E-state index in [-0.39, 0.29) is 11.7 Å². The van der Waals surface area contributed by atoms with E-state index in [0.717, 1.165) is 5.39 Å². The van der Waals surface area contributed by atoms with E-state index in [1.165, 1.54) is 0 Å². The molecule has 0 atom stereocenters. The van der Waals surface area contributed by atoms with E-state index in [1.807, 2.05) is 32.0 Å². The molecule has 4 heteroatoms. The first kappa shape index (κ1) is 11.8. The molecule has 0 aliphatic rings. The molecule has 0 fully saturated rings. The average molecular weight is 257 g/mol. The molecule has 1 N–H and O–H groups in total. The molecule has 0 aliphatic carbocycles. The summed E-state index contributed by atoms with van der Waals surface area (Å²) in [5.74, 6) is 1.71. The largest absolute Gasteiger partial charge is 0.507 e. The van der Waals surface area contributed by atoms with Crippen molar-refractivity contribution in [3.05, 3.63) is 30.2 Å². The number of phenolic OH excluding ortho intramolecular Hbond substituents is 1. The summed E-state index contributed by atoms with van der Waals surface area (Å²) in [5.41, 5.74) is 1.31. The van der Waals surface area contributed by atoms with Gasteiger partial charge in [0.2, 0.25) is 0 Å². The maximum atomic E-state index is 10.1. The molecule has 19 heavy (non-hydrogen) atoms. The van der Waals surface area contributed by atoms with Crippen LogP contribution in [0.2, 0.25) is 0 Å². The van der Waals surface area contributed by atoms with E-state index in [2.05, 4.69) is 4.98 Å². The smallest absolute Gasteiger partial charge is 0.198 e. The molecule has 0 saturated heterocycles. The zero-order valence-electron chi connectivity index (χ0n) is 11.1. The van der Waals surface area contributed by atoms with Gasteiger partial charge in [-0.15, -0.1) is 0 Å². The second-order valence-electron chi connectivity index (χ2n) is 4.83. The molecule has 0 unspecified atom stereocenters. The highest BCUT2D eigenvalue weighted by molar-refractivity contribution is 6.09. The molecule has 0 radical (unpaired) electrons. The van der Waals surface area contributed by atoms with Crippen molar-refractivity contribution in [3.63, 3.8) is 0 Å². The van der Waals surface area contributed by atoms with Gasteiger partial charge < -0.3 is 14.3 Å². The molecule has 0 spiro atoms. The third-order valence-corrected chi connectivity index (χ3v) is 3.19. The normalized spacial score (nSPS) is 11.6. The van der Waals surface area contributed by atoms with Crippen LogP contribution in [-0.2, 0) is 0 Å². The zero-order chi connectivity index (χ0) is 13.6. The summed E-state index contributed by atoms with van der Waals surface area (Å²) in [4.78, 5) is 4.42. The Morgan fingerprint density at radius 2 is 2.11 bits per heavy atom. The topological polar surface area (TPSA) is 55.5 Å². The number of ether oxygens (including phenoxy) is 1. The summed E-state index contributed by atoms with van der Waals surface area (Å²) in [7, 11) is 1.60. The highest BCUT2D eigenvalue weighted by Crippen LogP contribution is 2.39. The lowest BCUT2D eigenvalue weighted by Crippen LogP contribution is -1.85. The molecular formula is C15H15NO3. The number of rotatable bonds is 2. The molecule has 3 rings (SSSR count). The van der Waals surface area contributed by atoms with Crippen molar-refractivity contribution in [2.75, 3.05) is 7.11 Å². The number of nitrogens with zero attached hydrogens (tertiary/aromatic N) is 1. The number of methoxy groups -OCH3 is 1. The van der Waals surface area contributed by atoms with Gasteiger partial charge in [-0.2, -0.15) is 0 Å². The first-order valence-electron chi connectivity index (χ1n) is 6.21. The summed E-state index contributed by atoms with van der Waals surface area (Å²) in [6.07, 6.45) is 0. The minimum absolute atomic E-state index is 0.185. The van der Waals surface area contributed by atoms with Crippen LogP contribution in [0.15, 0.2) is 28.7 Å². The van der Waals surface area contributed by atoms with E-state index >= 15 is 0 Å². The van der Waals surface area contributed by atoms with Crippen LogP contribution in [0, 0.1) is 0 Å². The molecule has 0 bridgehead atoms. The van der Waals surface area contributed by atoms with Gasteiger partial charge in [-0.1, -0.05) is 26.0 Å². The predicted molar refractivity (Wildman–Crippen MR) is 73.8 cm³/mol. The summed E-state index contributed by atoms with van der Waals surface area (Å²) >= 11 is 0. The van der Waals surface area contributed by atoms with Gasteiger partial charge in [-0.05, 0) is 6.07 Å². The molecule has 1 heterocycles. The van der Waals surface area contributed by atoms with Gasteiger partial charge >= 0.3 is 0 Å². The van der Waals surface area contributed by atoms with Crippen LogP contribution in [0.1, 0.15) is 25.7 Å². The molecular weight excluding hydrogens is 242 g/mol. The first-order chi connectivity index (χ1) is 9.11. The second kappa shape index (κ2) is 4.16. The Labute approximate surface area is 110 Å². The number of aromatic nitrogens is 1. The molecule has 0 aliphatic heterocycles. The summed E-state index contributed by atoms with van der Waals surface area (Å²) < 4.78 is 11.2. The molecule has 0 amide bonds. The van der Waals surface area contributed by atoms with Crippen LogP contribution < -0.4 is 4.74 Å². The molecule has 4 nitrogen and oxygen atoms in total. The number of fused-ring (bicyclic) bond motifs is 3. The second-order valence-corrected chi connectivity index (χ2v) is 4.83. The van der Waals surface area contributed by atoms with E-state index in [4.69, 9.17) is 9.15 Å². The van der Waals surface area contributed by atoms with Gasteiger partial charge in [0.05, 0.1) is 12.5 Å². The van der Waals surface area contributed by atoms with Crippen molar-refractivity contribution in [2.24, 2.45) is 0 Å². The number of aromatic hydroxyl groups is 1. The van der Waals surface area contributed by atoms with Crippen LogP contribution in [-0.4, -0.2) is 17.2 Å². The molecule has 1 aromatic heterocycles. The van der Waals surface area contributed by atoms with Crippen molar-refractivity contribution in [1.29, 1.82) is 0 Å². The van der Waals surface area contributed by atoms with Crippen molar-refractivity contribution in [1.82, 2.24) is 4.98 Å². The summed E-state index contributed by atoms with van der Waals surface area (Å²) in [5, 5.41) is 11.6. The minimum atomic E-state index is 0.185. The van der Waals surface area contributed by atoms with Gasteiger partial charge in [0.15, 0.2) is 11.5 Å². The van der Waals surface area contributed by atoms with Crippen molar-refractivity contribution in [3.8, 4) is 11.5 Å². The first-order valence-corrected chi connectivity index (χ1v) is 6.21. The Bertz CT molecular complexity index is 759. The SMILES string of the molecule is COc1cccc2c(O)cc3nc(C(C)C)oc3c12. The lowest BCUT2D eigenvalue weighted by atomic mass is 10.1. The number of benzene rings is 2. The Morgan fingerprint density at radius 1 is 1.32 bits per heavy atom. The maximum absolute atomic E-state index is 10.1. The number of hydrogen-bond acceptors (Lipinski definition) is 4. The van der Waals surface area contributed by atoms with Crippen molar-refractivity contribution in [2.45, 2.75) is 19.8 Å². The quantitative estimate of drug-likeness (QED) is 0.758. The van der Waals surface area contributed by atoms with E-state index in [1.54, 1.807) is 13.2 Å². The summed E-state index contributed by atoms with van der Waals surface area (Å²) in [6, 6.07) is 7.15. The zero-order valence-corrected chi connectivity index (χ0v) is 11.1. The van der Waals surface area contributed by atoms with Gasteiger partial charge in [0, 0.05) is 17.4 Å².